The fourth-order valence-corrected chi connectivity index (χ4v) is 4.80. The molecule has 0 N–H and O–H groups in total. The molecule has 7 nitrogen and oxygen atoms in total. The molecule has 2 amide bonds. The molecule has 2 aromatic carbocycles. The van der Waals surface area contributed by atoms with Crippen molar-refractivity contribution in [1.82, 2.24) is 9.21 Å². The van der Waals surface area contributed by atoms with Crippen LogP contribution >= 0.6 is 0 Å². The van der Waals surface area contributed by atoms with Crippen molar-refractivity contribution >= 4 is 22.0 Å². The predicted molar refractivity (Wildman–Crippen MR) is 97.4 cm³/mol. The normalized spacial score (nSPS) is 18.5. The van der Waals surface area contributed by atoms with Crippen LogP contribution in [0.2, 0.25) is 0 Å². The van der Waals surface area contributed by atoms with Crippen molar-refractivity contribution in [3.63, 3.8) is 0 Å². The van der Waals surface area contributed by atoms with Gasteiger partial charge in [-0.15, -0.1) is 0 Å². The summed E-state index contributed by atoms with van der Waals surface area (Å²) in [5, 5.41) is 0. The van der Waals surface area contributed by atoms with Crippen molar-refractivity contribution in [2.45, 2.75) is 17.9 Å². The largest absolute Gasteiger partial charge is 0.439 e. The summed E-state index contributed by atoms with van der Waals surface area (Å²) >= 11 is 0. The van der Waals surface area contributed by atoms with Gasteiger partial charge in [0, 0.05) is 13.1 Å². The number of hydrogen-bond donors (Lipinski definition) is 0. The van der Waals surface area contributed by atoms with Crippen LogP contribution in [-0.4, -0.2) is 55.4 Å². The second-order valence-corrected chi connectivity index (χ2v) is 8.63. The topological polar surface area (TPSA) is 84.0 Å². The Balaban J connectivity index is 1.48. The molecule has 2 fully saturated rings. The van der Waals surface area contributed by atoms with Gasteiger partial charge in [0.15, 0.2) is 6.61 Å². The number of cyclic esters (lactones) is 1. The Hall–Kier alpha value is -2.71. The second-order valence-electron chi connectivity index (χ2n) is 6.69. The smallest absolute Gasteiger partial charge is 0.417 e. The van der Waals surface area contributed by atoms with Crippen molar-refractivity contribution in [3.05, 3.63) is 54.1 Å². The molecule has 0 atom stereocenters. The van der Waals surface area contributed by atoms with Gasteiger partial charge in [0.2, 0.25) is 10.0 Å². The first kappa shape index (κ1) is 17.7. The molecule has 4 rings (SSSR count). The summed E-state index contributed by atoms with van der Waals surface area (Å²) in [5.41, 5.74) is 3.09. The number of carbonyl (C=O) groups excluding carboxylic acids is 2. The molecule has 0 spiro atoms. The average Bonchev–Trinajstić information content (AvgIpc) is 2.93. The van der Waals surface area contributed by atoms with Crippen LogP contribution in [0.1, 0.15) is 5.56 Å². The highest BCUT2D eigenvalue weighted by molar-refractivity contribution is 7.89. The Morgan fingerprint density at radius 2 is 1.70 bits per heavy atom. The molecule has 0 unspecified atom stereocenters. The molecule has 0 aromatic heterocycles. The number of benzene rings is 2. The van der Waals surface area contributed by atoms with Crippen molar-refractivity contribution in [3.8, 4) is 11.1 Å². The van der Waals surface area contributed by atoms with Gasteiger partial charge in [-0.1, -0.05) is 42.0 Å². The van der Waals surface area contributed by atoms with Crippen LogP contribution in [0.5, 0.6) is 0 Å². The number of amides is 2. The molecule has 2 saturated heterocycles. The highest BCUT2D eigenvalue weighted by Crippen LogP contribution is 2.28. The van der Waals surface area contributed by atoms with Crippen LogP contribution in [0.3, 0.4) is 0 Å². The van der Waals surface area contributed by atoms with E-state index < -0.39 is 28.1 Å². The molecular formula is C19H18N2O5S. The highest BCUT2D eigenvalue weighted by Gasteiger charge is 2.46. The maximum atomic E-state index is 12.7. The first-order valence-corrected chi connectivity index (χ1v) is 9.96. The molecule has 0 radical (unpaired) electrons. The maximum absolute atomic E-state index is 12.7. The number of ether oxygens (including phenoxy) is 1. The first-order chi connectivity index (χ1) is 12.9. The van der Waals surface area contributed by atoms with E-state index in [1.807, 2.05) is 31.2 Å². The molecule has 2 heterocycles. The van der Waals surface area contributed by atoms with E-state index in [1.54, 1.807) is 24.3 Å². The maximum Gasteiger partial charge on any atom is 0.417 e. The minimum absolute atomic E-state index is 0.0861. The number of hydrogen-bond acceptors (Lipinski definition) is 5. The summed E-state index contributed by atoms with van der Waals surface area (Å²) < 4.78 is 31.4. The number of imide groups is 1. The average molecular weight is 386 g/mol. The van der Waals surface area contributed by atoms with Crippen molar-refractivity contribution in [1.29, 1.82) is 0 Å². The molecular weight excluding hydrogens is 368 g/mol. The minimum atomic E-state index is -3.66. The lowest BCUT2D eigenvalue weighted by Gasteiger charge is -2.40. The lowest BCUT2D eigenvalue weighted by Crippen LogP contribution is -2.62. The predicted octanol–water partition coefficient (Wildman–Crippen LogP) is 2.01. The third-order valence-electron chi connectivity index (χ3n) is 4.82. The zero-order chi connectivity index (χ0) is 19.2. The van der Waals surface area contributed by atoms with E-state index in [2.05, 4.69) is 4.74 Å². The van der Waals surface area contributed by atoms with Crippen molar-refractivity contribution < 1.29 is 22.7 Å². The third-order valence-corrected chi connectivity index (χ3v) is 6.67. The number of carbonyl (C=O) groups is 2. The van der Waals surface area contributed by atoms with E-state index in [9.17, 15) is 18.0 Å². The van der Waals surface area contributed by atoms with Crippen LogP contribution in [0.25, 0.3) is 11.1 Å². The molecule has 0 saturated carbocycles. The fourth-order valence-electron chi connectivity index (χ4n) is 3.29. The van der Waals surface area contributed by atoms with Gasteiger partial charge < -0.3 is 4.74 Å². The van der Waals surface area contributed by atoms with E-state index in [0.29, 0.717) is 0 Å². The first-order valence-electron chi connectivity index (χ1n) is 8.52. The van der Waals surface area contributed by atoms with Crippen LogP contribution in [0.4, 0.5) is 4.79 Å². The zero-order valence-electron chi connectivity index (χ0n) is 14.7. The lowest BCUT2D eigenvalue weighted by atomic mass is 10.0. The van der Waals surface area contributed by atoms with E-state index in [-0.39, 0.29) is 24.6 Å². The van der Waals surface area contributed by atoms with Crippen molar-refractivity contribution in [2.24, 2.45) is 0 Å². The summed E-state index contributed by atoms with van der Waals surface area (Å²) in [5.74, 6) is -0.426. The van der Waals surface area contributed by atoms with Gasteiger partial charge in [-0.2, -0.15) is 4.31 Å². The number of nitrogens with zero attached hydrogens (tertiary/aromatic N) is 2. The minimum Gasteiger partial charge on any atom is -0.439 e. The number of rotatable bonds is 4. The van der Waals surface area contributed by atoms with Gasteiger partial charge in [-0.25, -0.2) is 18.1 Å². The standard InChI is InChI=1S/C19H18N2O5S/c1-13-3-2-4-15(9-13)14-5-7-17(8-6-14)27(24,25)20-10-16(11-20)21-18(22)12-26-19(21)23/h2-9,16H,10-12H2,1H3. The molecule has 2 aliphatic rings. The highest BCUT2D eigenvalue weighted by atomic mass is 32.2. The summed E-state index contributed by atoms with van der Waals surface area (Å²) in [6.07, 6.45) is -0.704. The quantitative estimate of drug-likeness (QED) is 0.803. The third kappa shape index (κ3) is 3.11. The Kier molecular flexibility index (Phi) is 4.24. The van der Waals surface area contributed by atoms with E-state index in [4.69, 9.17) is 0 Å². The molecule has 27 heavy (non-hydrogen) atoms. The number of aryl methyl sites for hydroxylation is 1. The molecule has 2 aliphatic heterocycles. The van der Waals surface area contributed by atoms with Gasteiger partial charge in [0.05, 0.1) is 10.9 Å². The zero-order valence-corrected chi connectivity index (χ0v) is 15.5. The summed E-state index contributed by atoms with van der Waals surface area (Å²) in [6.45, 7) is 1.90. The van der Waals surface area contributed by atoms with Crippen LogP contribution in [0, 0.1) is 6.92 Å². The molecule has 0 bridgehead atoms. The van der Waals surface area contributed by atoms with E-state index in [0.717, 1.165) is 21.6 Å². The van der Waals surface area contributed by atoms with Gasteiger partial charge in [-0.05, 0) is 30.2 Å². The summed E-state index contributed by atoms with van der Waals surface area (Å²) in [7, 11) is -3.66. The SMILES string of the molecule is Cc1cccc(-c2ccc(S(=O)(=O)N3CC(N4C(=O)COC4=O)C3)cc2)c1. The Bertz CT molecular complexity index is 995. The molecule has 0 aliphatic carbocycles. The molecule has 2 aromatic rings. The second kappa shape index (κ2) is 6.47. The van der Waals surface area contributed by atoms with Crippen LogP contribution in [0.15, 0.2) is 53.4 Å². The summed E-state index contributed by atoms with van der Waals surface area (Å²) in [6, 6.07) is 14.2. The van der Waals surface area contributed by atoms with Crippen LogP contribution in [-0.2, 0) is 19.6 Å². The lowest BCUT2D eigenvalue weighted by molar-refractivity contribution is -0.128. The van der Waals surface area contributed by atoms with Gasteiger partial charge in [0.25, 0.3) is 5.91 Å². The van der Waals surface area contributed by atoms with Crippen molar-refractivity contribution in [2.75, 3.05) is 19.7 Å². The van der Waals surface area contributed by atoms with E-state index in [1.165, 1.54) is 4.31 Å². The van der Waals surface area contributed by atoms with Gasteiger partial charge in [-0.3, -0.25) is 4.79 Å². The fraction of sp³-hybridized carbons (Fsp3) is 0.263. The van der Waals surface area contributed by atoms with E-state index >= 15 is 0 Å². The monoisotopic (exact) mass is 386 g/mol. The van der Waals surface area contributed by atoms with Crippen LogP contribution < -0.4 is 0 Å². The Morgan fingerprint density at radius 1 is 1.00 bits per heavy atom. The molecule has 140 valence electrons. The Morgan fingerprint density at radius 3 is 2.30 bits per heavy atom. The van der Waals surface area contributed by atoms with Gasteiger partial charge in [0.1, 0.15) is 0 Å². The molecule has 8 heteroatoms. The summed E-state index contributed by atoms with van der Waals surface area (Å²) in [4.78, 5) is 24.4. The number of sulfonamides is 1. The van der Waals surface area contributed by atoms with Gasteiger partial charge >= 0.3 is 6.09 Å². The Labute approximate surface area is 157 Å².